The maximum absolute atomic E-state index is 12.2. The second-order valence-electron chi connectivity index (χ2n) is 5.79. The van der Waals surface area contributed by atoms with E-state index >= 15 is 0 Å². The molecule has 146 valence electrons. The number of carbonyl (C=O) groups is 2. The Morgan fingerprint density at radius 2 is 1.83 bits per heavy atom. The summed E-state index contributed by atoms with van der Waals surface area (Å²) in [7, 11) is 1.45. The number of nitrogens with zero attached hydrogens (tertiary/aromatic N) is 2. The van der Waals surface area contributed by atoms with Crippen LogP contribution in [0.15, 0.2) is 72.1 Å². The van der Waals surface area contributed by atoms with Gasteiger partial charge in [0.05, 0.1) is 18.9 Å². The average Bonchev–Trinajstić information content (AvgIpc) is 2.75. The number of pyridine rings is 1. The van der Waals surface area contributed by atoms with Crippen LogP contribution in [0.3, 0.4) is 0 Å². The van der Waals surface area contributed by atoms with Crippen molar-refractivity contribution in [2.75, 3.05) is 7.11 Å². The fourth-order valence-electron chi connectivity index (χ4n) is 2.37. The molecule has 3 rings (SSSR count). The van der Waals surface area contributed by atoms with Crippen LogP contribution >= 0.6 is 0 Å². The van der Waals surface area contributed by atoms with Crippen molar-refractivity contribution >= 4 is 18.1 Å². The molecule has 2 aromatic carbocycles. The van der Waals surface area contributed by atoms with Crippen LogP contribution in [-0.2, 0) is 0 Å². The number of ether oxygens (including phenoxy) is 2. The Balaban J connectivity index is 1.67. The van der Waals surface area contributed by atoms with E-state index in [1.54, 1.807) is 42.5 Å². The standard InChI is InChI=1S/C21H17N3O5/c1-28-19-11-14(13-23-24-20(26)16-3-2-4-17(25)12-16)5-6-18(19)29-21(27)15-7-9-22-10-8-15/h2-13,25H,1H3,(H,24,26)/b23-13-. The van der Waals surface area contributed by atoms with Gasteiger partial charge in [-0.1, -0.05) is 6.07 Å². The Morgan fingerprint density at radius 1 is 1.03 bits per heavy atom. The molecule has 1 amide bonds. The number of carbonyl (C=O) groups excluding carboxylic acids is 2. The highest BCUT2D eigenvalue weighted by atomic mass is 16.6. The molecule has 0 aliphatic rings. The van der Waals surface area contributed by atoms with Crippen LogP contribution < -0.4 is 14.9 Å². The van der Waals surface area contributed by atoms with E-state index in [1.165, 1.54) is 37.9 Å². The molecule has 1 aromatic heterocycles. The summed E-state index contributed by atoms with van der Waals surface area (Å²) in [5, 5.41) is 13.3. The molecular weight excluding hydrogens is 374 g/mol. The normalized spacial score (nSPS) is 10.5. The van der Waals surface area contributed by atoms with Gasteiger partial charge in [-0.15, -0.1) is 0 Å². The second kappa shape index (κ2) is 9.14. The Hall–Kier alpha value is -4.20. The maximum Gasteiger partial charge on any atom is 0.343 e. The fourth-order valence-corrected chi connectivity index (χ4v) is 2.37. The molecule has 29 heavy (non-hydrogen) atoms. The molecule has 2 N–H and O–H groups in total. The summed E-state index contributed by atoms with van der Waals surface area (Å²) < 4.78 is 10.6. The summed E-state index contributed by atoms with van der Waals surface area (Å²) in [5.74, 6) is -0.438. The van der Waals surface area contributed by atoms with Crippen molar-refractivity contribution in [1.29, 1.82) is 0 Å². The summed E-state index contributed by atoms with van der Waals surface area (Å²) >= 11 is 0. The summed E-state index contributed by atoms with van der Waals surface area (Å²) in [6, 6.07) is 13.8. The topological polar surface area (TPSA) is 110 Å². The number of benzene rings is 2. The van der Waals surface area contributed by atoms with Crippen molar-refractivity contribution in [3.8, 4) is 17.2 Å². The molecule has 0 aliphatic carbocycles. The zero-order chi connectivity index (χ0) is 20.6. The number of aromatic hydroxyl groups is 1. The number of hydrazone groups is 1. The van der Waals surface area contributed by atoms with Crippen molar-refractivity contribution < 1.29 is 24.2 Å². The zero-order valence-electron chi connectivity index (χ0n) is 15.4. The fraction of sp³-hybridized carbons (Fsp3) is 0.0476. The predicted molar refractivity (Wildman–Crippen MR) is 105 cm³/mol. The van der Waals surface area contributed by atoms with E-state index in [4.69, 9.17) is 9.47 Å². The number of aromatic nitrogens is 1. The largest absolute Gasteiger partial charge is 0.508 e. The molecular formula is C21H17N3O5. The SMILES string of the molecule is COc1cc(/C=N\NC(=O)c2cccc(O)c2)ccc1OC(=O)c1ccncc1. The van der Waals surface area contributed by atoms with Crippen molar-refractivity contribution in [1.82, 2.24) is 10.4 Å². The van der Waals surface area contributed by atoms with E-state index in [-0.39, 0.29) is 17.1 Å². The minimum Gasteiger partial charge on any atom is -0.508 e. The monoisotopic (exact) mass is 391 g/mol. The van der Waals surface area contributed by atoms with Gasteiger partial charge < -0.3 is 14.6 Å². The van der Waals surface area contributed by atoms with Gasteiger partial charge in [-0.25, -0.2) is 10.2 Å². The smallest absolute Gasteiger partial charge is 0.343 e. The third-order valence-corrected chi connectivity index (χ3v) is 3.79. The van der Waals surface area contributed by atoms with Crippen molar-refractivity contribution in [3.05, 3.63) is 83.7 Å². The van der Waals surface area contributed by atoms with Gasteiger partial charge in [0, 0.05) is 18.0 Å². The minimum atomic E-state index is -0.537. The lowest BCUT2D eigenvalue weighted by molar-refractivity contribution is 0.0729. The van der Waals surface area contributed by atoms with E-state index in [2.05, 4.69) is 15.5 Å². The van der Waals surface area contributed by atoms with Gasteiger partial charge in [-0.3, -0.25) is 9.78 Å². The number of methoxy groups -OCH3 is 1. The number of hydrogen-bond acceptors (Lipinski definition) is 7. The van der Waals surface area contributed by atoms with Gasteiger partial charge in [0.1, 0.15) is 5.75 Å². The van der Waals surface area contributed by atoms with E-state index < -0.39 is 11.9 Å². The number of amides is 1. The molecule has 0 saturated heterocycles. The molecule has 3 aromatic rings. The van der Waals surface area contributed by atoms with Gasteiger partial charge >= 0.3 is 5.97 Å². The van der Waals surface area contributed by atoms with Crippen LogP contribution in [-0.4, -0.2) is 35.3 Å². The van der Waals surface area contributed by atoms with Gasteiger partial charge in [0.25, 0.3) is 5.91 Å². The number of rotatable bonds is 6. The summed E-state index contributed by atoms with van der Waals surface area (Å²) in [6.07, 6.45) is 4.41. The lowest BCUT2D eigenvalue weighted by atomic mass is 10.2. The van der Waals surface area contributed by atoms with Crippen LogP contribution in [0.25, 0.3) is 0 Å². The van der Waals surface area contributed by atoms with E-state index in [9.17, 15) is 14.7 Å². The molecule has 0 spiro atoms. The van der Waals surface area contributed by atoms with E-state index in [0.29, 0.717) is 16.9 Å². The van der Waals surface area contributed by atoms with Crippen LogP contribution in [0.1, 0.15) is 26.3 Å². The molecule has 0 fully saturated rings. The molecule has 8 nitrogen and oxygen atoms in total. The van der Waals surface area contributed by atoms with E-state index in [1.807, 2.05) is 0 Å². The Bertz CT molecular complexity index is 1050. The molecule has 1 heterocycles. The Kier molecular flexibility index (Phi) is 6.16. The van der Waals surface area contributed by atoms with Gasteiger partial charge in [-0.2, -0.15) is 5.10 Å². The van der Waals surface area contributed by atoms with Gasteiger partial charge in [0.15, 0.2) is 11.5 Å². The van der Waals surface area contributed by atoms with Crippen LogP contribution in [0.4, 0.5) is 0 Å². The number of nitrogens with one attached hydrogen (secondary N) is 1. The summed E-state index contributed by atoms with van der Waals surface area (Å²) in [6.45, 7) is 0. The summed E-state index contributed by atoms with van der Waals surface area (Å²) in [4.78, 5) is 28.0. The molecule has 0 radical (unpaired) electrons. The third kappa shape index (κ3) is 5.16. The second-order valence-corrected chi connectivity index (χ2v) is 5.79. The van der Waals surface area contributed by atoms with Crippen molar-refractivity contribution in [2.45, 2.75) is 0 Å². The highest BCUT2D eigenvalue weighted by Gasteiger charge is 2.12. The van der Waals surface area contributed by atoms with Crippen molar-refractivity contribution in [2.24, 2.45) is 5.10 Å². The van der Waals surface area contributed by atoms with Gasteiger partial charge in [0.2, 0.25) is 0 Å². The molecule has 0 aliphatic heterocycles. The van der Waals surface area contributed by atoms with Gasteiger partial charge in [-0.05, 0) is 54.1 Å². The molecule has 0 atom stereocenters. The molecule has 0 saturated carbocycles. The predicted octanol–water partition coefficient (Wildman–Crippen LogP) is 2.78. The number of phenolic OH excluding ortho intramolecular Hbond substituents is 1. The summed E-state index contributed by atoms with van der Waals surface area (Å²) in [5.41, 5.74) is 3.62. The van der Waals surface area contributed by atoms with E-state index in [0.717, 1.165) is 0 Å². The highest BCUT2D eigenvalue weighted by molar-refractivity contribution is 5.95. The average molecular weight is 391 g/mol. The Labute approximate surface area is 166 Å². The first-order valence-electron chi connectivity index (χ1n) is 8.49. The maximum atomic E-state index is 12.2. The molecule has 8 heteroatoms. The quantitative estimate of drug-likeness (QED) is 0.289. The lowest BCUT2D eigenvalue weighted by Gasteiger charge is -2.09. The molecule has 0 unspecified atom stereocenters. The number of hydrogen-bond donors (Lipinski definition) is 2. The van der Waals surface area contributed by atoms with Crippen LogP contribution in [0, 0.1) is 0 Å². The first kappa shape index (κ1) is 19.6. The first-order valence-corrected chi connectivity index (χ1v) is 8.49. The Morgan fingerprint density at radius 3 is 2.55 bits per heavy atom. The number of phenols is 1. The zero-order valence-corrected chi connectivity index (χ0v) is 15.4. The third-order valence-electron chi connectivity index (χ3n) is 3.79. The molecule has 0 bridgehead atoms. The number of esters is 1. The lowest BCUT2D eigenvalue weighted by Crippen LogP contribution is -2.17. The van der Waals surface area contributed by atoms with Crippen LogP contribution in [0.2, 0.25) is 0 Å². The first-order chi connectivity index (χ1) is 14.1. The van der Waals surface area contributed by atoms with Crippen molar-refractivity contribution in [3.63, 3.8) is 0 Å². The highest BCUT2D eigenvalue weighted by Crippen LogP contribution is 2.28. The minimum absolute atomic E-state index is 0.0109. The van der Waals surface area contributed by atoms with Crippen LogP contribution in [0.5, 0.6) is 17.2 Å².